The third kappa shape index (κ3) is 4.79. The van der Waals surface area contributed by atoms with Crippen LogP contribution in [0.4, 0.5) is 5.69 Å². The van der Waals surface area contributed by atoms with Crippen molar-refractivity contribution in [2.75, 3.05) is 5.32 Å². The Morgan fingerprint density at radius 1 is 0.935 bits per heavy atom. The Hall–Kier alpha value is -4.39. The van der Waals surface area contributed by atoms with Crippen molar-refractivity contribution in [3.05, 3.63) is 90.1 Å². The monoisotopic (exact) mass is 409 g/mol. The lowest BCUT2D eigenvalue weighted by Crippen LogP contribution is -2.18. The van der Waals surface area contributed by atoms with Gasteiger partial charge in [-0.1, -0.05) is 36.4 Å². The van der Waals surface area contributed by atoms with Gasteiger partial charge in [0.05, 0.1) is 28.7 Å². The molecule has 0 aliphatic carbocycles. The normalized spacial score (nSPS) is 10.9. The van der Waals surface area contributed by atoms with Crippen molar-refractivity contribution in [2.24, 2.45) is 5.10 Å². The predicted octanol–water partition coefficient (Wildman–Crippen LogP) is 4.02. The van der Waals surface area contributed by atoms with E-state index in [9.17, 15) is 9.59 Å². The fourth-order valence-electron chi connectivity index (χ4n) is 3.09. The topological polar surface area (TPSA) is 96.3 Å². The molecule has 0 saturated carbocycles. The molecule has 7 heteroatoms. The van der Waals surface area contributed by atoms with E-state index in [1.165, 1.54) is 6.92 Å². The summed E-state index contributed by atoms with van der Waals surface area (Å²) in [6.45, 7) is 1.45. The number of nitrogens with one attached hydrogen (secondary N) is 2. The number of anilines is 1. The van der Waals surface area contributed by atoms with E-state index >= 15 is 0 Å². The number of amides is 2. The highest BCUT2D eigenvalue weighted by Crippen LogP contribution is 2.23. The number of fused-ring (bicyclic) bond motifs is 1. The number of carbonyl (C=O) groups excluding carboxylic acids is 2. The van der Waals surface area contributed by atoms with Gasteiger partial charge < -0.3 is 5.32 Å². The molecule has 0 saturated heterocycles. The highest BCUT2D eigenvalue weighted by atomic mass is 16.2. The van der Waals surface area contributed by atoms with Gasteiger partial charge in [0.1, 0.15) is 0 Å². The van der Waals surface area contributed by atoms with E-state index in [2.05, 4.69) is 25.8 Å². The molecule has 31 heavy (non-hydrogen) atoms. The van der Waals surface area contributed by atoms with Crippen molar-refractivity contribution in [1.82, 2.24) is 15.4 Å². The van der Waals surface area contributed by atoms with Crippen molar-refractivity contribution < 1.29 is 9.59 Å². The molecule has 4 rings (SSSR count). The van der Waals surface area contributed by atoms with Crippen LogP contribution in [0.3, 0.4) is 0 Å². The molecular formula is C24H19N5O2. The van der Waals surface area contributed by atoms with Gasteiger partial charge in [0.2, 0.25) is 5.91 Å². The molecule has 0 unspecified atom stereocenters. The molecule has 0 fully saturated rings. The van der Waals surface area contributed by atoms with Crippen molar-refractivity contribution >= 4 is 34.6 Å². The summed E-state index contributed by atoms with van der Waals surface area (Å²) >= 11 is 0. The molecule has 2 aromatic carbocycles. The first-order chi connectivity index (χ1) is 15.1. The minimum atomic E-state index is -0.345. The van der Waals surface area contributed by atoms with Crippen LogP contribution in [0, 0.1) is 0 Å². The lowest BCUT2D eigenvalue weighted by molar-refractivity contribution is -0.114. The fourth-order valence-corrected chi connectivity index (χ4v) is 3.09. The van der Waals surface area contributed by atoms with E-state index in [0.29, 0.717) is 28.2 Å². The molecule has 0 aliphatic rings. The number of rotatable bonds is 5. The smallest absolute Gasteiger partial charge is 0.272 e. The molecule has 0 bridgehead atoms. The maximum absolute atomic E-state index is 12.9. The van der Waals surface area contributed by atoms with Gasteiger partial charge >= 0.3 is 0 Å². The zero-order valence-corrected chi connectivity index (χ0v) is 16.7. The summed E-state index contributed by atoms with van der Waals surface area (Å²) in [5.74, 6) is -0.481. The molecule has 0 radical (unpaired) electrons. The van der Waals surface area contributed by atoms with E-state index in [4.69, 9.17) is 0 Å². The fraction of sp³-hybridized carbons (Fsp3) is 0.0417. The summed E-state index contributed by atoms with van der Waals surface area (Å²) in [4.78, 5) is 32.9. The molecule has 2 N–H and O–H groups in total. The van der Waals surface area contributed by atoms with Crippen LogP contribution >= 0.6 is 0 Å². The Labute approximate surface area is 178 Å². The highest BCUT2D eigenvalue weighted by Gasteiger charge is 2.14. The number of hydrazone groups is 1. The second-order valence-corrected chi connectivity index (χ2v) is 6.79. The first kappa shape index (κ1) is 19.9. The predicted molar refractivity (Wildman–Crippen MR) is 121 cm³/mol. The Kier molecular flexibility index (Phi) is 5.75. The molecule has 2 heterocycles. The number of para-hydroxylation sites is 1. The first-order valence-electron chi connectivity index (χ1n) is 9.62. The summed E-state index contributed by atoms with van der Waals surface area (Å²) in [5.41, 5.74) is 6.51. The number of hydrogen-bond donors (Lipinski definition) is 2. The maximum Gasteiger partial charge on any atom is 0.272 e. The van der Waals surface area contributed by atoms with Crippen molar-refractivity contribution in [3.63, 3.8) is 0 Å². The third-order valence-corrected chi connectivity index (χ3v) is 4.50. The van der Waals surface area contributed by atoms with Gasteiger partial charge in [0, 0.05) is 24.2 Å². The van der Waals surface area contributed by atoms with Gasteiger partial charge in [-0.15, -0.1) is 0 Å². The standard InChI is InChI=1S/C24H19N5O2/c1-16(30)27-18-11-9-17(10-12-18)15-26-29-24(31)20-14-23(22-8-4-5-13-25-22)28-21-7-3-2-6-19(20)21/h2-15H,1H3,(H,27,30)(H,29,31)/b26-15-. The van der Waals surface area contributed by atoms with Crippen LogP contribution in [0.15, 0.2) is 84.1 Å². The Bertz CT molecular complexity index is 1270. The van der Waals surface area contributed by atoms with Crippen molar-refractivity contribution in [3.8, 4) is 11.4 Å². The summed E-state index contributed by atoms with van der Waals surface area (Å²) in [6, 6.07) is 21.8. The summed E-state index contributed by atoms with van der Waals surface area (Å²) in [5, 5.41) is 7.50. The van der Waals surface area contributed by atoms with Gasteiger partial charge in [0.15, 0.2) is 0 Å². The molecular weight excluding hydrogens is 390 g/mol. The summed E-state index contributed by atoms with van der Waals surface area (Å²) in [7, 11) is 0. The van der Waals surface area contributed by atoms with E-state index < -0.39 is 0 Å². The minimum Gasteiger partial charge on any atom is -0.326 e. The Balaban J connectivity index is 1.57. The number of carbonyl (C=O) groups is 2. The molecule has 152 valence electrons. The number of nitrogens with zero attached hydrogens (tertiary/aromatic N) is 3. The summed E-state index contributed by atoms with van der Waals surface area (Å²) < 4.78 is 0. The van der Waals surface area contributed by atoms with Gasteiger partial charge in [-0.25, -0.2) is 10.4 Å². The third-order valence-electron chi connectivity index (χ3n) is 4.50. The Morgan fingerprint density at radius 3 is 2.45 bits per heavy atom. The largest absolute Gasteiger partial charge is 0.326 e. The maximum atomic E-state index is 12.9. The zero-order chi connectivity index (χ0) is 21.6. The molecule has 0 spiro atoms. The zero-order valence-electron chi connectivity index (χ0n) is 16.7. The van der Waals surface area contributed by atoms with Crippen LogP contribution < -0.4 is 10.7 Å². The summed E-state index contributed by atoms with van der Waals surface area (Å²) in [6.07, 6.45) is 3.23. The van der Waals surface area contributed by atoms with Crippen LogP contribution in [-0.4, -0.2) is 28.0 Å². The van der Waals surface area contributed by atoms with Crippen LogP contribution in [-0.2, 0) is 4.79 Å². The molecule has 4 aromatic rings. The lowest BCUT2D eigenvalue weighted by atomic mass is 10.1. The first-order valence-corrected chi connectivity index (χ1v) is 9.62. The highest BCUT2D eigenvalue weighted by molar-refractivity contribution is 6.07. The second kappa shape index (κ2) is 8.96. The van der Waals surface area contributed by atoms with E-state index in [1.807, 2.05) is 42.5 Å². The molecule has 0 atom stereocenters. The van der Waals surface area contributed by atoms with Crippen LogP contribution in [0.1, 0.15) is 22.8 Å². The van der Waals surface area contributed by atoms with E-state index in [0.717, 1.165) is 10.9 Å². The number of hydrogen-bond acceptors (Lipinski definition) is 5. The van der Waals surface area contributed by atoms with Gasteiger partial charge in [-0.2, -0.15) is 5.10 Å². The number of pyridine rings is 2. The van der Waals surface area contributed by atoms with Gasteiger partial charge in [-0.3, -0.25) is 14.6 Å². The SMILES string of the molecule is CC(=O)Nc1ccc(/C=N\NC(=O)c2cc(-c3ccccn3)nc3ccccc23)cc1. The second-order valence-electron chi connectivity index (χ2n) is 6.79. The van der Waals surface area contributed by atoms with Crippen LogP contribution in [0.5, 0.6) is 0 Å². The molecule has 7 nitrogen and oxygen atoms in total. The Morgan fingerprint density at radius 2 is 1.71 bits per heavy atom. The lowest BCUT2D eigenvalue weighted by Gasteiger charge is -2.08. The molecule has 0 aliphatic heterocycles. The van der Waals surface area contributed by atoms with E-state index in [1.54, 1.807) is 42.7 Å². The molecule has 2 aromatic heterocycles. The molecule has 2 amide bonds. The number of aromatic nitrogens is 2. The van der Waals surface area contributed by atoms with E-state index in [-0.39, 0.29) is 11.8 Å². The minimum absolute atomic E-state index is 0.136. The van der Waals surface area contributed by atoms with Crippen LogP contribution in [0.25, 0.3) is 22.3 Å². The number of benzene rings is 2. The van der Waals surface area contributed by atoms with Crippen molar-refractivity contribution in [2.45, 2.75) is 6.92 Å². The average Bonchev–Trinajstić information content (AvgIpc) is 2.79. The van der Waals surface area contributed by atoms with Crippen molar-refractivity contribution in [1.29, 1.82) is 0 Å². The average molecular weight is 409 g/mol. The van der Waals surface area contributed by atoms with Gasteiger partial charge in [0.25, 0.3) is 5.91 Å². The quantitative estimate of drug-likeness (QED) is 0.384. The van der Waals surface area contributed by atoms with Crippen LogP contribution in [0.2, 0.25) is 0 Å². The van der Waals surface area contributed by atoms with Gasteiger partial charge in [-0.05, 0) is 42.0 Å².